The fourth-order valence-electron chi connectivity index (χ4n) is 2.94. The molecule has 1 N–H and O–H groups in total. The van der Waals surface area contributed by atoms with Crippen molar-refractivity contribution in [1.29, 1.82) is 0 Å². The van der Waals surface area contributed by atoms with E-state index >= 15 is 0 Å². The quantitative estimate of drug-likeness (QED) is 0.522. The summed E-state index contributed by atoms with van der Waals surface area (Å²) >= 11 is 6.14. The molecule has 0 aliphatic heterocycles. The van der Waals surface area contributed by atoms with Gasteiger partial charge in [0.1, 0.15) is 12.3 Å². The average Bonchev–Trinajstić information content (AvgIpc) is 3.21. The molecule has 0 aliphatic carbocycles. The van der Waals surface area contributed by atoms with E-state index in [4.69, 9.17) is 16.0 Å². The number of carbonyl (C=O) groups is 2. The van der Waals surface area contributed by atoms with E-state index in [1.807, 2.05) is 0 Å². The fraction of sp³-hybridized carbons (Fsp3) is 0.182. The molecule has 0 unspecified atom stereocenters. The molecule has 0 saturated heterocycles. The lowest BCUT2D eigenvalue weighted by Gasteiger charge is -2.20. The van der Waals surface area contributed by atoms with Gasteiger partial charge in [0, 0.05) is 12.1 Å². The Labute approximate surface area is 181 Å². The Morgan fingerprint density at radius 1 is 1.03 bits per heavy atom. The van der Waals surface area contributed by atoms with Crippen molar-refractivity contribution in [2.45, 2.75) is 13.1 Å². The first-order valence-corrected chi connectivity index (χ1v) is 9.68. The van der Waals surface area contributed by atoms with Gasteiger partial charge in [-0.25, -0.2) is 0 Å². The van der Waals surface area contributed by atoms with Crippen LogP contribution in [-0.4, -0.2) is 29.8 Å². The Balaban J connectivity index is 1.73. The molecular formula is C22H18ClF3N2O3. The van der Waals surface area contributed by atoms with E-state index in [-0.39, 0.29) is 18.0 Å². The van der Waals surface area contributed by atoms with Crippen LogP contribution in [0, 0.1) is 0 Å². The lowest BCUT2D eigenvalue weighted by atomic mass is 10.1. The maximum Gasteiger partial charge on any atom is 0.418 e. The van der Waals surface area contributed by atoms with E-state index in [9.17, 15) is 22.8 Å². The Kier molecular flexibility index (Phi) is 6.70. The first-order valence-electron chi connectivity index (χ1n) is 9.30. The van der Waals surface area contributed by atoms with E-state index in [1.165, 1.54) is 23.1 Å². The zero-order valence-electron chi connectivity index (χ0n) is 16.4. The van der Waals surface area contributed by atoms with Crippen molar-refractivity contribution < 1.29 is 27.2 Å². The number of halogens is 4. The number of rotatable bonds is 6. The van der Waals surface area contributed by atoms with Crippen LogP contribution in [0.4, 0.5) is 18.9 Å². The maximum atomic E-state index is 13.1. The average molecular weight is 451 g/mol. The Bertz CT molecular complexity index is 1100. The second-order valence-corrected chi connectivity index (χ2v) is 6.96. The van der Waals surface area contributed by atoms with Crippen molar-refractivity contribution in [3.05, 3.63) is 77.0 Å². The number of carbonyl (C=O) groups excluding carboxylic acids is 2. The van der Waals surface area contributed by atoms with Crippen LogP contribution in [0.1, 0.15) is 23.0 Å². The minimum Gasteiger partial charge on any atom is -0.451 e. The topological polar surface area (TPSA) is 62.6 Å². The van der Waals surface area contributed by atoms with Crippen molar-refractivity contribution >= 4 is 29.1 Å². The van der Waals surface area contributed by atoms with E-state index < -0.39 is 30.1 Å². The summed E-state index contributed by atoms with van der Waals surface area (Å²) in [5.74, 6) is -0.960. The van der Waals surface area contributed by atoms with E-state index in [2.05, 4.69) is 5.32 Å². The molecule has 0 bridgehead atoms. The van der Waals surface area contributed by atoms with Crippen molar-refractivity contribution in [2.75, 3.05) is 18.4 Å². The third kappa shape index (κ3) is 5.27. The summed E-state index contributed by atoms with van der Waals surface area (Å²) in [7, 11) is 0. The van der Waals surface area contributed by atoms with Crippen LogP contribution >= 0.6 is 11.6 Å². The van der Waals surface area contributed by atoms with Gasteiger partial charge < -0.3 is 14.6 Å². The van der Waals surface area contributed by atoms with Crippen molar-refractivity contribution in [2.24, 2.45) is 0 Å². The van der Waals surface area contributed by atoms with Crippen LogP contribution in [0.15, 0.2) is 65.1 Å². The largest absolute Gasteiger partial charge is 0.451 e. The number of hydrogen-bond donors (Lipinski definition) is 1. The highest BCUT2D eigenvalue weighted by Gasteiger charge is 2.33. The molecular weight excluding hydrogens is 433 g/mol. The summed E-state index contributed by atoms with van der Waals surface area (Å²) < 4.78 is 44.9. The van der Waals surface area contributed by atoms with E-state index in [0.29, 0.717) is 16.3 Å². The molecule has 3 rings (SSSR count). The molecule has 0 radical (unpaired) electrons. The standard InChI is InChI=1S/C22H18ClF3N2O3/c1-2-28(13-20(29)27-17-10-6-4-8-15(17)22(24,25)26)21(30)19-12-11-18(31-19)14-7-3-5-9-16(14)23/h3-12H,2,13H2,1H3,(H,27,29). The van der Waals surface area contributed by atoms with Gasteiger partial charge in [-0.05, 0) is 43.3 Å². The summed E-state index contributed by atoms with van der Waals surface area (Å²) in [6.45, 7) is 1.35. The lowest BCUT2D eigenvalue weighted by molar-refractivity contribution is -0.137. The number of nitrogens with zero attached hydrogens (tertiary/aromatic N) is 1. The van der Waals surface area contributed by atoms with E-state index in [0.717, 1.165) is 12.1 Å². The van der Waals surface area contributed by atoms with Crippen LogP contribution in [-0.2, 0) is 11.0 Å². The van der Waals surface area contributed by atoms with Gasteiger partial charge in [0.2, 0.25) is 5.91 Å². The SMILES string of the molecule is CCN(CC(=O)Nc1ccccc1C(F)(F)F)C(=O)c1ccc(-c2ccccc2Cl)o1. The van der Waals surface area contributed by atoms with E-state index in [1.54, 1.807) is 37.3 Å². The van der Waals surface area contributed by atoms with Crippen LogP contribution in [0.2, 0.25) is 5.02 Å². The van der Waals surface area contributed by atoms with Crippen LogP contribution < -0.4 is 5.32 Å². The summed E-state index contributed by atoms with van der Waals surface area (Å²) in [4.78, 5) is 26.3. The molecule has 0 fully saturated rings. The van der Waals surface area contributed by atoms with Crippen molar-refractivity contribution in [3.8, 4) is 11.3 Å². The predicted octanol–water partition coefficient (Wildman–Crippen LogP) is 5.72. The minimum atomic E-state index is -4.62. The fourth-order valence-corrected chi connectivity index (χ4v) is 3.17. The van der Waals surface area contributed by atoms with Crippen LogP contribution in [0.25, 0.3) is 11.3 Å². The normalized spacial score (nSPS) is 11.3. The number of likely N-dealkylation sites (N-methyl/N-ethyl adjacent to an activating group) is 1. The number of benzene rings is 2. The highest BCUT2D eigenvalue weighted by atomic mass is 35.5. The molecule has 2 aromatic carbocycles. The summed E-state index contributed by atoms with van der Waals surface area (Å²) in [6, 6.07) is 14.6. The molecule has 0 spiro atoms. The maximum absolute atomic E-state index is 13.1. The molecule has 1 heterocycles. The lowest BCUT2D eigenvalue weighted by Crippen LogP contribution is -2.38. The molecule has 0 aliphatic rings. The first-order chi connectivity index (χ1) is 14.7. The number of alkyl halides is 3. The highest BCUT2D eigenvalue weighted by Crippen LogP contribution is 2.34. The van der Waals surface area contributed by atoms with Gasteiger partial charge in [-0.3, -0.25) is 9.59 Å². The molecule has 0 saturated carbocycles. The molecule has 5 nitrogen and oxygen atoms in total. The van der Waals surface area contributed by atoms with Gasteiger partial charge >= 0.3 is 6.18 Å². The van der Waals surface area contributed by atoms with Gasteiger partial charge in [0.05, 0.1) is 16.3 Å². The van der Waals surface area contributed by atoms with Crippen LogP contribution in [0.5, 0.6) is 0 Å². The molecule has 2 amide bonds. The first kappa shape index (κ1) is 22.4. The van der Waals surface area contributed by atoms with Gasteiger partial charge in [0.25, 0.3) is 5.91 Å². The zero-order chi connectivity index (χ0) is 22.6. The number of nitrogens with one attached hydrogen (secondary N) is 1. The number of furan rings is 1. The Hall–Kier alpha value is -3.26. The van der Waals surface area contributed by atoms with Crippen LogP contribution in [0.3, 0.4) is 0 Å². The molecule has 1 aromatic heterocycles. The zero-order valence-corrected chi connectivity index (χ0v) is 17.1. The number of amides is 2. The monoisotopic (exact) mass is 450 g/mol. The van der Waals surface area contributed by atoms with Gasteiger partial charge in [-0.15, -0.1) is 0 Å². The smallest absolute Gasteiger partial charge is 0.418 e. The molecule has 3 aromatic rings. The van der Waals surface area contributed by atoms with Gasteiger partial charge in [0.15, 0.2) is 5.76 Å². The summed E-state index contributed by atoms with van der Waals surface area (Å²) in [5, 5.41) is 2.68. The highest BCUT2D eigenvalue weighted by molar-refractivity contribution is 6.33. The number of anilines is 1. The summed E-state index contributed by atoms with van der Waals surface area (Å²) in [6.07, 6.45) is -4.62. The number of hydrogen-bond acceptors (Lipinski definition) is 3. The Morgan fingerprint density at radius 3 is 2.39 bits per heavy atom. The molecule has 162 valence electrons. The van der Waals surface area contributed by atoms with Crippen molar-refractivity contribution in [1.82, 2.24) is 4.90 Å². The number of para-hydroxylation sites is 1. The van der Waals surface area contributed by atoms with Crippen molar-refractivity contribution in [3.63, 3.8) is 0 Å². The summed E-state index contributed by atoms with van der Waals surface area (Å²) in [5.41, 5.74) is -0.733. The molecule has 31 heavy (non-hydrogen) atoms. The molecule has 9 heteroatoms. The molecule has 0 atom stereocenters. The minimum absolute atomic E-state index is 0.0136. The second kappa shape index (κ2) is 9.26. The third-order valence-corrected chi connectivity index (χ3v) is 4.80. The third-order valence-electron chi connectivity index (χ3n) is 4.47. The Morgan fingerprint density at radius 2 is 1.71 bits per heavy atom. The second-order valence-electron chi connectivity index (χ2n) is 6.55. The van der Waals surface area contributed by atoms with Gasteiger partial charge in [-0.2, -0.15) is 13.2 Å². The van der Waals surface area contributed by atoms with Gasteiger partial charge in [-0.1, -0.05) is 35.9 Å². The predicted molar refractivity (Wildman–Crippen MR) is 111 cm³/mol.